The average Bonchev–Trinajstić information content (AvgIpc) is 2.25. The van der Waals surface area contributed by atoms with Crippen LogP contribution in [-0.2, 0) is 14.3 Å². The van der Waals surface area contributed by atoms with Gasteiger partial charge in [-0.05, 0) is 0 Å². The van der Waals surface area contributed by atoms with Crippen LogP contribution in [0.4, 0.5) is 0 Å². The Labute approximate surface area is 89.6 Å². The zero-order valence-corrected chi connectivity index (χ0v) is 9.65. The molecule has 0 atom stereocenters. The second kappa shape index (κ2) is 6.60. The van der Waals surface area contributed by atoms with Crippen LogP contribution in [0, 0.1) is 0 Å². The van der Waals surface area contributed by atoms with E-state index in [0.29, 0.717) is 5.51 Å². The van der Waals surface area contributed by atoms with Gasteiger partial charge in [0, 0.05) is 0 Å². The second-order valence-electron chi connectivity index (χ2n) is 2.50. The van der Waals surface area contributed by atoms with Gasteiger partial charge < -0.3 is 0 Å². The molecule has 0 aliphatic rings. The maximum atomic E-state index is 10.7. The van der Waals surface area contributed by atoms with Crippen LogP contribution in [-0.4, -0.2) is 40.1 Å². The Balaban J connectivity index is 2.13. The fraction of sp³-hybridized carbons (Fsp3) is 0.300. The average molecular weight is 259 g/mol. The Morgan fingerprint density at radius 1 is 1.36 bits per heavy atom. The monoisotopic (exact) mass is 260 g/mol. The number of ether oxygens (including phenoxy) is 2. The Bertz CT molecular complexity index is 274. The van der Waals surface area contributed by atoms with Gasteiger partial charge in [0.15, 0.2) is 0 Å². The summed E-state index contributed by atoms with van der Waals surface area (Å²) in [5, 5.41) is 0. The molecule has 0 spiro atoms. The van der Waals surface area contributed by atoms with Gasteiger partial charge in [0.05, 0.1) is 0 Å². The molecule has 0 unspecified atom stereocenters. The molecule has 0 radical (unpaired) electrons. The normalized spacial score (nSPS) is 9.79. The van der Waals surface area contributed by atoms with Crippen LogP contribution in [0.3, 0.4) is 0 Å². The van der Waals surface area contributed by atoms with Crippen molar-refractivity contribution >= 4 is 25.4 Å². The molecule has 0 aliphatic carbocycles. The molecule has 0 aromatic heterocycles. The summed E-state index contributed by atoms with van der Waals surface area (Å²) in [5.41, 5.74) is 0.603. The van der Waals surface area contributed by atoms with Gasteiger partial charge in [-0.1, -0.05) is 0 Å². The summed E-state index contributed by atoms with van der Waals surface area (Å²) in [6, 6.07) is 10.1. The summed E-state index contributed by atoms with van der Waals surface area (Å²) in [6.07, 6.45) is 0. The summed E-state index contributed by atoms with van der Waals surface area (Å²) in [6.45, 7) is 0.0467. The van der Waals surface area contributed by atoms with Crippen LogP contribution in [0.5, 0.6) is 0 Å². The number of rotatable bonds is 5. The van der Waals surface area contributed by atoms with Crippen molar-refractivity contribution in [2.45, 2.75) is 0 Å². The zero-order valence-electron chi connectivity index (χ0n) is 7.93. The standard InChI is InChI=1S/C10H12O3Se/c1-12-10(11)7-13-8-14-9-5-3-2-4-6-9/h2-6H,7-8H2,1H3. The van der Waals surface area contributed by atoms with Gasteiger partial charge in [-0.3, -0.25) is 0 Å². The number of methoxy groups -OCH3 is 1. The maximum absolute atomic E-state index is 10.7. The molecule has 1 rings (SSSR count). The van der Waals surface area contributed by atoms with Crippen molar-refractivity contribution in [3.8, 4) is 0 Å². The Morgan fingerprint density at radius 3 is 2.71 bits per heavy atom. The van der Waals surface area contributed by atoms with Crippen molar-refractivity contribution < 1.29 is 14.3 Å². The van der Waals surface area contributed by atoms with E-state index in [0.717, 1.165) is 0 Å². The number of hydrogen-bond donors (Lipinski definition) is 0. The molecule has 3 nitrogen and oxygen atoms in total. The van der Waals surface area contributed by atoms with E-state index < -0.39 is 0 Å². The van der Waals surface area contributed by atoms with E-state index in [1.165, 1.54) is 11.6 Å². The molecular formula is C10H12O3Se. The Kier molecular flexibility index (Phi) is 5.30. The fourth-order valence-corrected chi connectivity index (χ4v) is 2.18. The van der Waals surface area contributed by atoms with Crippen LogP contribution in [0.25, 0.3) is 0 Å². The molecule has 0 saturated carbocycles. The first kappa shape index (κ1) is 11.2. The number of carbonyl (C=O) groups is 1. The molecule has 0 amide bonds. The topological polar surface area (TPSA) is 35.5 Å². The van der Waals surface area contributed by atoms with Gasteiger partial charge in [-0.2, -0.15) is 0 Å². The number of esters is 1. The van der Waals surface area contributed by atoms with Crippen LogP contribution in [0.15, 0.2) is 30.3 Å². The molecule has 0 N–H and O–H groups in total. The summed E-state index contributed by atoms with van der Waals surface area (Å²) in [7, 11) is 1.36. The molecule has 0 bridgehead atoms. The first-order chi connectivity index (χ1) is 6.83. The third-order valence-corrected chi connectivity index (χ3v) is 3.37. The molecule has 76 valence electrons. The molecular weight excluding hydrogens is 247 g/mol. The van der Waals surface area contributed by atoms with Crippen LogP contribution in [0.1, 0.15) is 0 Å². The Hall–Kier alpha value is -0.831. The van der Waals surface area contributed by atoms with E-state index in [1.54, 1.807) is 0 Å². The molecule has 1 aromatic carbocycles. The molecule has 0 saturated heterocycles. The van der Waals surface area contributed by atoms with Crippen molar-refractivity contribution in [1.82, 2.24) is 0 Å². The van der Waals surface area contributed by atoms with Crippen molar-refractivity contribution in [2.24, 2.45) is 0 Å². The second-order valence-corrected chi connectivity index (χ2v) is 4.59. The van der Waals surface area contributed by atoms with E-state index in [1.807, 2.05) is 18.2 Å². The summed E-state index contributed by atoms with van der Waals surface area (Å²) < 4.78 is 10.9. The third kappa shape index (κ3) is 4.42. The molecule has 0 fully saturated rings. The van der Waals surface area contributed by atoms with Gasteiger partial charge in [-0.25, -0.2) is 0 Å². The van der Waals surface area contributed by atoms with Crippen LogP contribution >= 0.6 is 0 Å². The SMILES string of the molecule is COC(=O)COC[Se]c1ccccc1. The quantitative estimate of drug-likeness (QED) is 0.429. The Morgan fingerprint density at radius 2 is 2.07 bits per heavy atom. The fourth-order valence-electron chi connectivity index (χ4n) is 0.810. The van der Waals surface area contributed by atoms with E-state index in [2.05, 4.69) is 16.9 Å². The molecule has 4 heteroatoms. The van der Waals surface area contributed by atoms with E-state index in [9.17, 15) is 4.79 Å². The van der Waals surface area contributed by atoms with Crippen molar-refractivity contribution in [2.75, 3.05) is 19.2 Å². The van der Waals surface area contributed by atoms with Crippen molar-refractivity contribution in [1.29, 1.82) is 0 Å². The predicted molar refractivity (Wildman–Crippen MR) is 54.7 cm³/mol. The molecule has 1 aromatic rings. The van der Waals surface area contributed by atoms with Gasteiger partial charge >= 0.3 is 89.2 Å². The van der Waals surface area contributed by atoms with Gasteiger partial charge in [0.25, 0.3) is 0 Å². The van der Waals surface area contributed by atoms with E-state index in [4.69, 9.17) is 4.74 Å². The first-order valence-corrected chi connectivity index (χ1v) is 6.22. The number of carbonyl (C=O) groups excluding carboxylic acids is 1. The molecule has 0 aliphatic heterocycles. The number of hydrogen-bond acceptors (Lipinski definition) is 3. The molecule has 14 heavy (non-hydrogen) atoms. The molecule has 0 heterocycles. The third-order valence-electron chi connectivity index (χ3n) is 1.50. The minimum absolute atomic E-state index is 0.0467. The van der Waals surface area contributed by atoms with Gasteiger partial charge in [0.2, 0.25) is 0 Å². The summed E-state index contributed by atoms with van der Waals surface area (Å²) in [5.74, 6) is -0.325. The summed E-state index contributed by atoms with van der Waals surface area (Å²) >= 11 is 0.273. The summed E-state index contributed by atoms with van der Waals surface area (Å²) in [4.78, 5) is 10.7. The first-order valence-electron chi connectivity index (χ1n) is 4.15. The predicted octanol–water partition coefficient (Wildman–Crippen LogP) is 0.163. The van der Waals surface area contributed by atoms with E-state index >= 15 is 0 Å². The van der Waals surface area contributed by atoms with Gasteiger partial charge in [-0.15, -0.1) is 0 Å². The number of benzene rings is 1. The zero-order chi connectivity index (χ0) is 10.2. The van der Waals surface area contributed by atoms with Gasteiger partial charge in [0.1, 0.15) is 0 Å². The minimum atomic E-state index is -0.325. The van der Waals surface area contributed by atoms with Crippen LogP contribution in [0.2, 0.25) is 0 Å². The van der Waals surface area contributed by atoms with Crippen LogP contribution < -0.4 is 4.46 Å². The van der Waals surface area contributed by atoms with Crippen molar-refractivity contribution in [3.05, 3.63) is 30.3 Å². The van der Waals surface area contributed by atoms with E-state index in [-0.39, 0.29) is 27.5 Å². The van der Waals surface area contributed by atoms with Crippen molar-refractivity contribution in [3.63, 3.8) is 0 Å².